The molecule has 0 radical (unpaired) electrons. The van der Waals surface area contributed by atoms with Crippen molar-refractivity contribution in [2.24, 2.45) is 0 Å². The molecule has 0 bridgehead atoms. The van der Waals surface area contributed by atoms with Crippen LogP contribution in [-0.4, -0.2) is 31.2 Å². The Balaban J connectivity index is 2.18. The quantitative estimate of drug-likeness (QED) is 0.155. The summed E-state index contributed by atoms with van der Waals surface area (Å²) in [5.74, 6) is 0.0501. The normalized spacial score (nSPS) is 11.7. The fourth-order valence-electron chi connectivity index (χ4n) is 4.37. The van der Waals surface area contributed by atoms with Gasteiger partial charge in [0.1, 0.15) is 0 Å². The monoisotopic (exact) mass is 527 g/mol. The van der Waals surface area contributed by atoms with Gasteiger partial charge in [0.05, 0.1) is 0 Å². The number of unbranched alkanes of at least 4 members (excludes halogenated alkanes) is 3. The van der Waals surface area contributed by atoms with Crippen molar-refractivity contribution in [2.45, 2.75) is 72.6 Å². The zero-order valence-electron chi connectivity index (χ0n) is 20.0. The van der Waals surface area contributed by atoms with E-state index in [1.54, 1.807) is 9.66 Å². The van der Waals surface area contributed by atoms with Crippen molar-refractivity contribution in [1.29, 1.82) is 0 Å². The molecule has 0 spiro atoms. The first-order chi connectivity index (χ1) is 15.1. The first kappa shape index (κ1) is 25.7. The number of hydrogen-bond donors (Lipinski definition) is 1. The molecule has 0 aliphatic heterocycles. The van der Waals surface area contributed by atoms with Crippen LogP contribution in [-0.2, 0) is 0 Å². The number of carbonyl (C=O) groups excluding carboxylic acids is 1. The van der Waals surface area contributed by atoms with Gasteiger partial charge in [-0.3, -0.25) is 0 Å². The third kappa shape index (κ3) is 7.82. The predicted octanol–water partition coefficient (Wildman–Crippen LogP) is 7.68. The Bertz CT molecular complexity index is 786. The molecule has 0 unspecified atom stereocenters. The first-order valence-corrected chi connectivity index (χ1v) is 19.7. The summed E-state index contributed by atoms with van der Waals surface area (Å²) in [7, 11) is 1.88. The Labute approximate surface area is 194 Å². The van der Waals surface area contributed by atoms with Gasteiger partial charge in [-0.05, 0) is 0 Å². The third-order valence-corrected chi connectivity index (χ3v) is 22.1. The number of nitrogens with one attached hydrogen (secondary N) is 1. The molecule has 1 N–H and O–H groups in total. The number of hydrogen-bond acceptors (Lipinski definition) is 2. The molecule has 2 nitrogen and oxygen atoms in total. The minimum atomic E-state index is -2.36. The summed E-state index contributed by atoms with van der Waals surface area (Å²) in [6.07, 6.45) is 11.7. The fourth-order valence-corrected chi connectivity index (χ4v) is 20.3. The molecule has 0 saturated heterocycles. The Morgan fingerprint density at radius 3 is 1.77 bits per heavy atom. The van der Waals surface area contributed by atoms with Crippen LogP contribution in [0.25, 0.3) is 6.08 Å². The van der Waals surface area contributed by atoms with Crippen LogP contribution in [0.2, 0.25) is 13.3 Å². The van der Waals surface area contributed by atoms with Gasteiger partial charge in [-0.15, -0.1) is 0 Å². The van der Waals surface area contributed by atoms with E-state index >= 15 is 0 Å². The van der Waals surface area contributed by atoms with Crippen LogP contribution in [0.5, 0.6) is 0 Å². The minimum absolute atomic E-state index is 0.0501. The van der Waals surface area contributed by atoms with E-state index < -0.39 is 18.4 Å². The van der Waals surface area contributed by atoms with Crippen LogP contribution in [0.15, 0.2) is 54.6 Å². The molecule has 31 heavy (non-hydrogen) atoms. The zero-order chi connectivity index (χ0) is 22.5. The Hall–Kier alpha value is -1.55. The van der Waals surface area contributed by atoms with Gasteiger partial charge in [0.15, 0.2) is 0 Å². The van der Waals surface area contributed by atoms with Crippen molar-refractivity contribution in [2.75, 3.05) is 12.4 Å². The molecule has 3 heteroatoms. The standard InChI is InChI=1S/C16H14NO.3C4H9.Sn/c1-17-15-10-8-14(9-11-15)16(18)12-7-13-5-3-2-4-6-13;3*1-3-4-2;/h3-12,17H,1H3;3*1,3-4H2,2H3;/b12-7+;;;;. The molecule has 168 valence electrons. The van der Waals surface area contributed by atoms with E-state index in [0.717, 1.165) is 16.8 Å². The average molecular weight is 526 g/mol. The van der Waals surface area contributed by atoms with Gasteiger partial charge in [-0.1, -0.05) is 0 Å². The van der Waals surface area contributed by atoms with Crippen LogP contribution in [0.1, 0.15) is 75.2 Å². The van der Waals surface area contributed by atoms with Gasteiger partial charge in [-0.25, -0.2) is 0 Å². The molecule has 2 aromatic rings. The Morgan fingerprint density at radius 1 is 0.806 bits per heavy atom. The van der Waals surface area contributed by atoms with Crippen LogP contribution in [0.4, 0.5) is 5.69 Å². The molecule has 0 atom stereocenters. The van der Waals surface area contributed by atoms with Crippen LogP contribution < -0.4 is 8.90 Å². The molecule has 0 heterocycles. The first-order valence-electron chi connectivity index (χ1n) is 12.2. The molecule has 0 aliphatic rings. The summed E-state index contributed by atoms with van der Waals surface area (Å²) in [4.78, 5) is 12.5. The zero-order valence-corrected chi connectivity index (χ0v) is 22.9. The average Bonchev–Trinajstić information content (AvgIpc) is 2.82. The van der Waals surface area contributed by atoms with Gasteiger partial charge in [0.2, 0.25) is 0 Å². The second-order valence-corrected chi connectivity index (χ2v) is 22.0. The topological polar surface area (TPSA) is 29.1 Å². The van der Waals surface area contributed by atoms with Crippen molar-refractivity contribution in [1.82, 2.24) is 0 Å². The van der Waals surface area contributed by atoms with E-state index in [0.29, 0.717) is 0 Å². The summed E-state index contributed by atoms with van der Waals surface area (Å²) >= 11 is -2.36. The van der Waals surface area contributed by atoms with Gasteiger partial charge in [0, 0.05) is 7.05 Å². The second kappa shape index (κ2) is 13.8. The fraction of sp³-hybridized carbons (Fsp3) is 0.464. The van der Waals surface area contributed by atoms with Crippen molar-refractivity contribution in [3.63, 3.8) is 0 Å². The van der Waals surface area contributed by atoms with E-state index in [1.165, 1.54) is 51.8 Å². The maximum atomic E-state index is 12.5. The predicted molar refractivity (Wildman–Crippen MR) is 140 cm³/mol. The number of anilines is 1. The van der Waals surface area contributed by atoms with Gasteiger partial charge in [-0.2, -0.15) is 0 Å². The van der Waals surface area contributed by atoms with Gasteiger partial charge in [0.25, 0.3) is 0 Å². The molecule has 0 aromatic heterocycles. The number of allylic oxidation sites excluding steroid dienone is 1. The summed E-state index contributed by atoms with van der Waals surface area (Å²) in [5, 5.41) is 3.08. The van der Waals surface area contributed by atoms with Crippen molar-refractivity contribution < 1.29 is 4.79 Å². The van der Waals surface area contributed by atoms with E-state index in [2.05, 4.69) is 50.4 Å². The van der Waals surface area contributed by atoms with E-state index in [1.807, 2.05) is 37.4 Å². The Morgan fingerprint density at radius 2 is 1.32 bits per heavy atom. The van der Waals surface area contributed by atoms with Gasteiger partial charge >= 0.3 is 188 Å². The van der Waals surface area contributed by atoms with Crippen LogP contribution in [0, 0.1) is 0 Å². The number of carbonyl (C=O) groups is 1. The van der Waals surface area contributed by atoms with Crippen molar-refractivity contribution in [3.8, 4) is 0 Å². The summed E-state index contributed by atoms with van der Waals surface area (Å²) in [6, 6.07) is 16.9. The molecule has 2 aromatic carbocycles. The summed E-state index contributed by atoms with van der Waals surface area (Å²) < 4.78 is 6.15. The SMILES string of the molecule is CCC[CH2][Sn]([CH2]CCC)([CH2]CCC)[c]1ccc(/C=C/C(=O)c2ccc(NC)cc2)cc1. The number of ketones is 1. The number of benzene rings is 2. The van der Waals surface area contributed by atoms with Crippen molar-refractivity contribution in [3.05, 3.63) is 65.7 Å². The van der Waals surface area contributed by atoms with E-state index in [-0.39, 0.29) is 5.78 Å². The molecular weight excluding hydrogens is 485 g/mol. The molecule has 0 amide bonds. The third-order valence-electron chi connectivity index (χ3n) is 6.43. The number of rotatable bonds is 14. The van der Waals surface area contributed by atoms with Crippen LogP contribution >= 0.6 is 0 Å². The Kier molecular flexibility index (Phi) is 11.4. The van der Waals surface area contributed by atoms with E-state index in [9.17, 15) is 4.79 Å². The summed E-state index contributed by atoms with van der Waals surface area (Å²) in [6.45, 7) is 6.98. The maximum absolute atomic E-state index is 12.5. The molecular formula is C28H41NOSn. The molecule has 0 aliphatic carbocycles. The summed E-state index contributed by atoms with van der Waals surface area (Å²) in [5.41, 5.74) is 2.85. The van der Waals surface area contributed by atoms with Crippen molar-refractivity contribution >= 4 is 39.5 Å². The molecule has 0 fully saturated rings. The van der Waals surface area contributed by atoms with Crippen LogP contribution in [0.3, 0.4) is 0 Å². The molecule has 2 rings (SSSR count). The molecule has 0 saturated carbocycles. The van der Waals surface area contributed by atoms with Gasteiger partial charge < -0.3 is 0 Å². The van der Waals surface area contributed by atoms with E-state index in [4.69, 9.17) is 0 Å². The second-order valence-electron chi connectivity index (χ2n) is 8.74.